The lowest BCUT2D eigenvalue weighted by atomic mass is 9.69. The molecule has 0 spiro atoms. The van der Waals surface area contributed by atoms with Gasteiger partial charge >= 0.3 is 5.97 Å². The number of carboxylic acid groups (broad SMARTS) is 1. The molecule has 0 radical (unpaired) electrons. The van der Waals surface area contributed by atoms with E-state index in [0.29, 0.717) is 19.4 Å². The van der Waals surface area contributed by atoms with Gasteiger partial charge in [0.25, 0.3) is 0 Å². The number of hydrogen-bond acceptors (Lipinski definition) is 2. The SMILES string of the molecule is C=CCNC1(C(=O)O)CCC(C)(C)CC1. The summed E-state index contributed by atoms with van der Waals surface area (Å²) in [4.78, 5) is 11.3. The van der Waals surface area contributed by atoms with Crippen LogP contribution in [0.3, 0.4) is 0 Å². The molecule has 2 N–H and O–H groups in total. The van der Waals surface area contributed by atoms with Crippen molar-refractivity contribution in [3.63, 3.8) is 0 Å². The summed E-state index contributed by atoms with van der Waals surface area (Å²) in [7, 11) is 0. The Hall–Kier alpha value is -0.830. The van der Waals surface area contributed by atoms with E-state index in [1.165, 1.54) is 0 Å². The van der Waals surface area contributed by atoms with Gasteiger partial charge in [-0.1, -0.05) is 19.9 Å². The van der Waals surface area contributed by atoms with E-state index in [1.807, 2.05) is 0 Å². The molecule has 1 aliphatic carbocycles. The van der Waals surface area contributed by atoms with Crippen LogP contribution in [0.5, 0.6) is 0 Å². The molecule has 3 nitrogen and oxygen atoms in total. The molecule has 0 amide bonds. The average molecular weight is 211 g/mol. The van der Waals surface area contributed by atoms with E-state index in [2.05, 4.69) is 25.7 Å². The van der Waals surface area contributed by atoms with Crippen molar-refractivity contribution < 1.29 is 9.90 Å². The summed E-state index contributed by atoms with van der Waals surface area (Å²) in [5, 5.41) is 12.4. The molecule has 0 unspecified atom stereocenters. The first-order valence-electron chi connectivity index (χ1n) is 5.51. The van der Waals surface area contributed by atoms with Crippen molar-refractivity contribution in [1.82, 2.24) is 5.32 Å². The van der Waals surface area contributed by atoms with Gasteiger partial charge in [0.1, 0.15) is 5.54 Å². The van der Waals surface area contributed by atoms with Gasteiger partial charge in [0.05, 0.1) is 0 Å². The number of hydrogen-bond donors (Lipinski definition) is 2. The van der Waals surface area contributed by atoms with E-state index in [9.17, 15) is 9.90 Å². The van der Waals surface area contributed by atoms with Crippen molar-refractivity contribution in [2.45, 2.75) is 45.1 Å². The second kappa shape index (κ2) is 4.35. The molecule has 1 saturated carbocycles. The Morgan fingerprint density at radius 2 is 1.93 bits per heavy atom. The first kappa shape index (κ1) is 12.2. The first-order valence-corrected chi connectivity index (χ1v) is 5.51. The number of rotatable bonds is 4. The topological polar surface area (TPSA) is 49.3 Å². The summed E-state index contributed by atoms with van der Waals surface area (Å²) in [5.41, 5.74) is -0.432. The lowest BCUT2D eigenvalue weighted by Crippen LogP contribution is -2.55. The fourth-order valence-corrected chi connectivity index (χ4v) is 2.09. The molecule has 15 heavy (non-hydrogen) atoms. The van der Waals surface area contributed by atoms with Gasteiger partial charge < -0.3 is 5.11 Å². The van der Waals surface area contributed by atoms with Crippen LogP contribution in [0.4, 0.5) is 0 Å². The molecule has 1 aliphatic rings. The van der Waals surface area contributed by atoms with Crippen LogP contribution < -0.4 is 5.32 Å². The highest BCUT2D eigenvalue weighted by molar-refractivity contribution is 5.79. The summed E-state index contributed by atoms with van der Waals surface area (Å²) in [5.74, 6) is -0.722. The third kappa shape index (κ3) is 2.81. The Bertz CT molecular complexity index is 248. The lowest BCUT2D eigenvalue weighted by molar-refractivity contribution is -0.147. The molecule has 1 fully saturated rings. The second-order valence-corrected chi connectivity index (χ2v) is 5.22. The molecule has 0 aromatic heterocycles. The van der Waals surface area contributed by atoms with Crippen LogP contribution in [0.1, 0.15) is 39.5 Å². The van der Waals surface area contributed by atoms with E-state index in [4.69, 9.17) is 0 Å². The third-order valence-electron chi connectivity index (χ3n) is 3.45. The van der Waals surface area contributed by atoms with Crippen molar-refractivity contribution in [3.05, 3.63) is 12.7 Å². The highest BCUT2D eigenvalue weighted by Gasteiger charge is 2.43. The molecule has 86 valence electrons. The summed E-state index contributed by atoms with van der Waals surface area (Å²) >= 11 is 0. The quantitative estimate of drug-likeness (QED) is 0.701. The van der Waals surface area contributed by atoms with E-state index in [1.54, 1.807) is 6.08 Å². The minimum absolute atomic E-state index is 0.287. The van der Waals surface area contributed by atoms with E-state index < -0.39 is 11.5 Å². The smallest absolute Gasteiger partial charge is 0.323 e. The van der Waals surface area contributed by atoms with E-state index in [0.717, 1.165) is 12.8 Å². The fourth-order valence-electron chi connectivity index (χ4n) is 2.09. The summed E-state index contributed by atoms with van der Waals surface area (Å²) < 4.78 is 0. The Morgan fingerprint density at radius 3 is 2.33 bits per heavy atom. The molecule has 0 atom stereocenters. The van der Waals surface area contributed by atoms with E-state index >= 15 is 0 Å². The highest BCUT2D eigenvalue weighted by atomic mass is 16.4. The summed E-state index contributed by atoms with van der Waals surface area (Å²) in [6, 6.07) is 0. The maximum atomic E-state index is 11.3. The van der Waals surface area contributed by atoms with Crippen LogP contribution in [0.25, 0.3) is 0 Å². The molecule has 3 heteroatoms. The van der Waals surface area contributed by atoms with E-state index in [-0.39, 0.29) is 5.41 Å². The van der Waals surface area contributed by atoms with Crippen LogP contribution in [0, 0.1) is 5.41 Å². The summed E-state index contributed by atoms with van der Waals surface area (Å²) in [6.45, 7) is 8.57. The standard InChI is InChI=1S/C12H21NO2/c1-4-9-13-12(10(14)15)7-5-11(2,3)6-8-12/h4,13H,1,5-9H2,2-3H3,(H,14,15). The van der Waals surface area contributed by atoms with Gasteiger partial charge in [-0.2, -0.15) is 0 Å². The summed E-state index contributed by atoms with van der Waals surface area (Å²) in [6.07, 6.45) is 5.06. The zero-order chi connectivity index (χ0) is 11.5. The van der Waals surface area contributed by atoms with Crippen LogP contribution in [-0.2, 0) is 4.79 Å². The number of carbonyl (C=O) groups is 1. The van der Waals surface area contributed by atoms with Crippen molar-refractivity contribution in [2.75, 3.05) is 6.54 Å². The monoisotopic (exact) mass is 211 g/mol. The molecular formula is C12H21NO2. The van der Waals surface area contributed by atoms with Gasteiger partial charge in [-0.25, -0.2) is 0 Å². The Labute approximate surface area is 91.6 Å². The zero-order valence-electron chi connectivity index (χ0n) is 9.68. The highest BCUT2D eigenvalue weighted by Crippen LogP contribution is 2.40. The molecule has 0 saturated heterocycles. The van der Waals surface area contributed by atoms with Crippen molar-refractivity contribution in [2.24, 2.45) is 5.41 Å². The molecule has 0 aromatic carbocycles. The predicted octanol–water partition coefficient (Wildman–Crippen LogP) is 2.19. The number of aliphatic carboxylic acids is 1. The van der Waals surface area contributed by atoms with Crippen LogP contribution >= 0.6 is 0 Å². The van der Waals surface area contributed by atoms with Crippen molar-refractivity contribution in [3.8, 4) is 0 Å². The largest absolute Gasteiger partial charge is 0.480 e. The minimum Gasteiger partial charge on any atom is -0.480 e. The lowest BCUT2D eigenvalue weighted by Gasteiger charge is -2.41. The van der Waals surface area contributed by atoms with Crippen molar-refractivity contribution >= 4 is 5.97 Å². The predicted molar refractivity (Wildman–Crippen MR) is 60.8 cm³/mol. The Balaban J connectivity index is 2.68. The molecule has 0 aromatic rings. The van der Waals surface area contributed by atoms with Gasteiger partial charge in [0, 0.05) is 6.54 Å². The zero-order valence-corrected chi connectivity index (χ0v) is 9.68. The third-order valence-corrected chi connectivity index (χ3v) is 3.45. The first-order chi connectivity index (χ1) is 6.92. The van der Waals surface area contributed by atoms with Crippen LogP contribution in [0.2, 0.25) is 0 Å². The molecule has 0 heterocycles. The molecule has 0 aliphatic heterocycles. The van der Waals surface area contributed by atoms with Crippen LogP contribution in [0.15, 0.2) is 12.7 Å². The van der Waals surface area contributed by atoms with Gasteiger partial charge in [-0.05, 0) is 31.1 Å². The number of carboxylic acids is 1. The maximum absolute atomic E-state index is 11.3. The van der Waals surface area contributed by atoms with Gasteiger partial charge in [0.15, 0.2) is 0 Å². The molecule has 0 bridgehead atoms. The Morgan fingerprint density at radius 1 is 1.40 bits per heavy atom. The minimum atomic E-state index is -0.722. The van der Waals surface area contributed by atoms with Crippen molar-refractivity contribution in [1.29, 1.82) is 0 Å². The van der Waals surface area contributed by atoms with Crippen LogP contribution in [-0.4, -0.2) is 23.2 Å². The maximum Gasteiger partial charge on any atom is 0.323 e. The van der Waals surface area contributed by atoms with Gasteiger partial charge in [-0.15, -0.1) is 6.58 Å². The van der Waals surface area contributed by atoms with Gasteiger partial charge in [-0.3, -0.25) is 10.1 Å². The van der Waals surface area contributed by atoms with Gasteiger partial charge in [0.2, 0.25) is 0 Å². The normalized spacial score (nSPS) is 23.3. The molecule has 1 rings (SSSR count). The average Bonchev–Trinajstić information content (AvgIpc) is 2.16. The fraction of sp³-hybridized carbons (Fsp3) is 0.750. The second-order valence-electron chi connectivity index (χ2n) is 5.22. The number of nitrogens with one attached hydrogen (secondary N) is 1. The molecular weight excluding hydrogens is 190 g/mol. The Kier molecular flexibility index (Phi) is 3.55.